The van der Waals surface area contributed by atoms with Crippen LogP contribution in [0.1, 0.15) is 27.0 Å². The van der Waals surface area contributed by atoms with E-state index in [4.69, 9.17) is 0 Å². The Hall–Kier alpha value is -3.46. The number of para-hydroxylation sites is 1. The molecule has 3 heteroatoms. The van der Waals surface area contributed by atoms with Gasteiger partial charge in [0.1, 0.15) is 5.75 Å². The third-order valence-electron chi connectivity index (χ3n) is 3.92. The number of phenols is 1. The van der Waals surface area contributed by atoms with Gasteiger partial charge in [-0.05, 0) is 42.8 Å². The van der Waals surface area contributed by atoms with Gasteiger partial charge in [-0.1, -0.05) is 60.2 Å². The number of hydrogen-bond donors (Lipinski definition) is 1. The zero-order chi connectivity index (χ0) is 18.4. The van der Waals surface area contributed by atoms with E-state index in [2.05, 4.69) is 4.99 Å². The lowest BCUT2D eigenvalue weighted by Gasteiger charge is -2.00. The Morgan fingerprint density at radius 3 is 2.50 bits per heavy atom. The molecule has 3 nitrogen and oxygen atoms in total. The molecule has 0 radical (unpaired) electrons. The molecule has 0 saturated carbocycles. The third-order valence-corrected chi connectivity index (χ3v) is 3.92. The molecular weight excluding hydrogens is 322 g/mol. The number of aromatic hydroxyl groups is 1. The first-order chi connectivity index (χ1) is 12.6. The van der Waals surface area contributed by atoms with Crippen molar-refractivity contribution in [3.05, 3.63) is 101 Å². The Balaban J connectivity index is 1.75. The van der Waals surface area contributed by atoms with Gasteiger partial charge in [0.25, 0.3) is 0 Å². The van der Waals surface area contributed by atoms with Crippen LogP contribution in [0.5, 0.6) is 5.75 Å². The summed E-state index contributed by atoms with van der Waals surface area (Å²) < 4.78 is 0. The molecule has 0 aliphatic heterocycles. The van der Waals surface area contributed by atoms with E-state index in [1.807, 2.05) is 43.3 Å². The van der Waals surface area contributed by atoms with Crippen molar-refractivity contribution in [2.45, 2.75) is 6.92 Å². The molecule has 3 aromatic rings. The summed E-state index contributed by atoms with van der Waals surface area (Å²) in [4.78, 5) is 16.7. The number of aliphatic imine (C=N–C) groups is 1. The van der Waals surface area contributed by atoms with Crippen LogP contribution < -0.4 is 0 Å². The maximum absolute atomic E-state index is 12.4. The van der Waals surface area contributed by atoms with E-state index in [0.29, 0.717) is 16.8 Å². The zero-order valence-electron chi connectivity index (χ0n) is 14.5. The number of phenolic OH excluding ortho intramolecular Hbond substituents is 1. The molecule has 0 aliphatic rings. The lowest BCUT2D eigenvalue weighted by atomic mass is 10.1. The molecule has 26 heavy (non-hydrogen) atoms. The van der Waals surface area contributed by atoms with Crippen LogP contribution in [0.2, 0.25) is 0 Å². The second-order valence-corrected chi connectivity index (χ2v) is 5.98. The normalized spacial score (nSPS) is 11.3. The van der Waals surface area contributed by atoms with Gasteiger partial charge in [-0.25, -0.2) is 0 Å². The van der Waals surface area contributed by atoms with Crippen molar-refractivity contribution < 1.29 is 9.90 Å². The molecule has 0 fully saturated rings. The fourth-order valence-electron chi connectivity index (χ4n) is 2.43. The molecule has 3 rings (SSSR count). The average Bonchev–Trinajstić information content (AvgIpc) is 2.67. The van der Waals surface area contributed by atoms with Gasteiger partial charge in [-0.15, -0.1) is 0 Å². The van der Waals surface area contributed by atoms with Crippen molar-refractivity contribution in [2.24, 2.45) is 4.99 Å². The van der Waals surface area contributed by atoms with Gasteiger partial charge in [-0.2, -0.15) is 0 Å². The summed E-state index contributed by atoms with van der Waals surface area (Å²) in [5.74, 6) is 0.0923. The quantitative estimate of drug-likeness (QED) is 0.386. The lowest BCUT2D eigenvalue weighted by molar-refractivity contribution is 0.104. The van der Waals surface area contributed by atoms with Crippen LogP contribution >= 0.6 is 0 Å². The maximum Gasteiger partial charge on any atom is 0.185 e. The number of allylic oxidation sites excluding steroid dienone is 1. The highest BCUT2D eigenvalue weighted by Crippen LogP contribution is 2.18. The predicted molar refractivity (Wildman–Crippen MR) is 106 cm³/mol. The van der Waals surface area contributed by atoms with Gasteiger partial charge in [0.2, 0.25) is 0 Å². The van der Waals surface area contributed by atoms with E-state index < -0.39 is 0 Å². The number of hydrogen-bond acceptors (Lipinski definition) is 3. The number of carbonyl (C=O) groups is 1. The number of ketones is 1. The summed E-state index contributed by atoms with van der Waals surface area (Å²) in [6.07, 6.45) is 4.96. The van der Waals surface area contributed by atoms with E-state index in [9.17, 15) is 9.90 Å². The molecule has 0 bridgehead atoms. The Kier molecular flexibility index (Phi) is 5.40. The summed E-state index contributed by atoms with van der Waals surface area (Å²) in [6, 6.07) is 22.1. The fraction of sp³-hybridized carbons (Fsp3) is 0.0435. The van der Waals surface area contributed by atoms with E-state index >= 15 is 0 Å². The Labute approximate surface area is 153 Å². The average molecular weight is 341 g/mol. The van der Waals surface area contributed by atoms with Crippen molar-refractivity contribution in [1.29, 1.82) is 0 Å². The minimum Gasteiger partial charge on any atom is -0.507 e. The van der Waals surface area contributed by atoms with Crippen LogP contribution in [0, 0.1) is 6.92 Å². The minimum absolute atomic E-state index is 0.0785. The van der Waals surface area contributed by atoms with Crippen LogP contribution in [0.15, 0.2) is 83.9 Å². The van der Waals surface area contributed by atoms with Gasteiger partial charge in [-0.3, -0.25) is 9.79 Å². The van der Waals surface area contributed by atoms with Crippen molar-refractivity contribution in [3.8, 4) is 5.75 Å². The molecule has 0 spiro atoms. The zero-order valence-corrected chi connectivity index (χ0v) is 14.5. The van der Waals surface area contributed by atoms with E-state index in [1.165, 1.54) is 5.56 Å². The Morgan fingerprint density at radius 2 is 1.73 bits per heavy atom. The van der Waals surface area contributed by atoms with Gasteiger partial charge < -0.3 is 5.11 Å². The van der Waals surface area contributed by atoms with Gasteiger partial charge >= 0.3 is 0 Å². The van der Waals surface area contributed by atoms with E-state index in [1.54, 1.807) is 54.8 Å². The first kappa shape index (κ1) is 17.4. The van der Waals surface area contributed by atoms with Crippen LogP contribution in [-0.4, -0.2) is 17.1 Å². The van der Waals surface area contributed by atoms with Crippen molar-refractivity contribution in [3.63, 3.8) is 0 Å². The monoisotopic (exact) mass is 341 g/mol. The van der Waals surface area contributed by atoms with E-state index in [0.717, 1.165) is 5.56 Å². The first-order valence-electron chi connectivity index (χ1n) is 8.33. The fourth-order valence-corrected chi connectivity index (χ4v) is 2.43. The summed E-state index contributed by atoms with van der Waals surface area (Å²) in [7, 11) is 0. The summed E-state index contributed by atoms with van der Waals surface area (Å²) in [5, 5.41) is 9.77. The van der Waals surface area contributed by atoms with Crippen molar-refractivity contribution in [1.82, 2.24) is 0 Å². The third kappa shape index (κ3) is 4.54. The number of benzene rings is 3. The molecule has 0 unspecified atom stereocenters. The first-order valence-corrected chi connectivity index (χ1v) is 8.33. The second kappa shape index (κ2) is 8.08. The number of carbonyl (C=O) groups excluding carboxylic acids is 1. The summed E-state index contributed by atoms with van der Waals surface area (Å²) >= 11 is 0. The Bertz CT molecular complexity index is 970. The standard InChI is InChI=1S/C23H19NO2/c1-17-9-11-18(12-10-17)13-14-23(26)19-6-4-7-21(15-19)24-16-20-5-2-3-8-22(20)25/h2-16,25H,1H3/b14-13+,24-16?. The highest BCUT2D eigenvalue weighted by molar-refractivity contribution is 6.07. The van der Waals surface area contributed by atoms with Crippen LogP contribution in [0.4, 0.5) is 5.69 Å². The topological polar surface area (TPSA) is 49.7 Å². The SMILES string of the molecule is Cc1ccc(/C=C/C(=O)c2cccc(N=Cc3ccccc3O)c2)cc1. The largest absolute Gasteiger partial charge is 0.507 e. The molecule has 0 aromatic heterocycles. The van der Waals surface area contributed by atoms with E-state index in [-0.39, 0.29) is 11.5 Å². The van der Waals surface area contributed by atoms with Crippen molar-refractivity contribution in [2.75, 3.05) is 0 Å². The van der Waals surface area contributed by atoms with Crippen LogP contribution in [0.25, 0.3) is 6.08 Å². The summed E-state index contributed by atoms with van der Waals surface area (Å²) in [6.45, 7) is 2.03. The van der Waals surface area contributed by atoms with Crippen LogP contribution in [-0.2, 0) is 0 Å². The number of aryl methyl sites for hydroxylation is 1. The molecule has 0 aliphatic carbocycles. The van der Waals surface area contributed by atoms with Crippen LogP contribution in [0.3, 0.4) is 0 Å². The number of nitrogens with zero attached hydrogens (tertiary/aromatic N) is 1. The van der Waals surface area contributed by atoms with Gasteiger partial charge in [0, 0.05) is 17.3 Å². The van der Waals surface area contributed by atoms with Gasteiger partial charge in [0.15, 0.2) is 5.78 Å². The lowest BCUT2D eigenvalue weighted by Crippen LogP contribution is -1.93. The highest BCUT2D eigenvalue weighted by Gasteiger charge is 2.03. The molecule has 0 saturated heterocycles. The van der Waals surface area contributed by atoms with Crippen molar-refractivity contribution >= 4 is 23.8 Å². The predicted octanol–water partition coefficient (Wildman–Crippen LogP) is 5.35. The molecule has 128 valence electrons. The number of rotatable bonds is 5. The molecule has 3 aromatic carbocycles. The summed E-state index contributed by atoms with van der Waals surface area (Å²) in [5.41, 5.74) is 4.02. The molecule has 0 heterocycles. The molecular formula is C23H19NO2. The molecule has 0 atom stereocenters. The smallest absolute Gasteiger partial charge is 0.185 e. The molecule has 1 N–H and O–H groups in total. The molecule has 0 amide bonds. The highest BCUT2D eigenvalue weighted by atomic mass is 16.3. The second-order valence-electron chi connectivity index (χ2n) is 5.98. The Morgan fingerprint density at radius 1 is 0.962 bits per heavy atom. The minimum atomic E-state index is -0.0785. The van der Waals surface area contributed by atoms with Gasteiger partial charge in [0.05, 0.1) is 5.69 Å². The maximum atomic E-state index is 12.4.